The highest BCUT2D eigenvalue weighted by Gasteiger charge is 2.40. The molecule has 0 N–H and O–H groups in total. The van der Waals surface area contributed by atoms with Crippen LogP contribution in [-0.4, -0.2) is 0 Å². The second kappa shape index (κ2) is 11.1. The standard InChI is InChI=1S/C27H16F12NS.ClH/c1-13-14(2)41-12-40(13)23-21(15-6-17(24(28,29)30)10-18(7-15)25(31,32)33)4-3-5-22(23)16-8-19(26(34,35)36)11-20(9-16)27(37,38)39;/h3-12H,1-2H3;1H/q+1;/p-1. The largest absolute Gasteiger partial charge is 1.00 e. The van der Waals surface area contributed by atoms with E-state index in [9.17, 15) is 52.7 Å². The Labute approximate surface area is 240 Å². The Morgan fingerprint density at radius 2 is 0.881 bits per heavy atom. The van der Waals surface area contributed by atoms with E-state index < -0.39 is 58.1 Å². The Bertz CT molecular complexity index is 1450. The quantitative estimate of drug-likeness (QED) is 0.165. The SMILES string of the molecule is Cc1sc[n+](-c2c(-c3cc(C(F)(F)F)cc(C(F)(F)F)c3)cccc2-c2cc(C(F)(F)F)cc(C(F)(F)F)c2)c1C.[Cl-]. The lowest BCUT2D eigenvalue weighted by molar-refractivity contribution is -0.596. The molecule has 0 radical (unpaired) electrons. The van der Waals surface area contributed by atoms with Gasteiger partial charge in [-0.1, -0.05) is 17.4 Å². The van der Waals surface area contributed by atoms with Crippen molar-refractivity contribution in [1.29, 1.82) is 0 Å². The molecular formula is C27H16ClF12NS. The van der Waals surface area contributed by atoms with Gasteiger partial charge >= 0.3 is 24.7 Å². The van der Waals surface area contributed by atoms with Crippen LogP contribution in [0, 0.1) is 13.8 Å². The number of para-hydroxylation sites is 1. The minimum Gasteiger partial charge on any atom is -1.00 e. The van der Waals surface area contributed by atoms with Crippen molar-refractivity contribution < 1.29 is 69.7 Å². The van der Waals surface area contributed by atoms with Crippen molar-refractivity contribution in [3.05, 3.63) is 92.9 Å². The maximum atomic E-state index is 13.6. The van der Waals surface area contributed by atoms with Gasteiger partial charge in [-0.25, -0.2) is 0 Å². The normalized spacial score (nSPS) is 12.8. The average molecular weight is 650 g/mol. The molecule has 0 saturated carbocycles. The summed E-state index contributed by atoms with van der Waals surface area (Å²) in [6.07, 6.45) is -20.8. The minimum atomic E-state index is -5.20. The highest BCUT2D eigenvalue weighted by atomic mass is 35.5. The van der Waals surface area contributed by atoms with Crippen LogP contribution in [0.1, 0.15) is 32.8 Å². The molecule has 0 aliphatic rings. The van der Waals surface area contributed by atoms with E-state index in [1.54, 1.807) is 6.92 Å². The zero-order valence-corrected chi connectivity index (χ0v) is 22.6. The summed E-state index contributed by atoms with van der Waals surface area (Å²) in [6.45, 7) is 3.17. The van der Waals surface area contributed by atoms with Crippen LogP contribution in [0.5, 0.6) is 0 Å². The summed E-state index contributed by atoms with van der Waals surface area (Å²) in [5.41, 5.74) is -6.69. The summed E-state index contributed by atoms with van der Waals surface area (Å²) in [6, 6.07) is 5.04. The van der Waals surface area contributed by atoms with Crippen molar-refractivity contribution in [1.82, 2.24) is 0 Å². The average Bonchev–Trinajstić information content (AvgIpc) is 3.18. The van der Waals surface area contributed by atoms with Crippen LogP contribution in [0.3, 0.4) is 0 Å². The molecule has 42 heavy (non-hydrogen) atoms. The zero-order valence-electron chi connectivity index (χ0n) is 21.0. The van der Waals surface area contributed by atoms with Crippen LogP contribution in [-0.2, 0) is 24.7 Å². The molecule has 0 spiro atoms. The first-order valence-corrected chi connectivity index (χ1v) is 12.3. The summed E-state index contributed by atoms with van der Waals surface area (Å²) in [4.78, 5) is 0.630. The van der Waals surface area contributed by atoms with E-state index in [1.807, 2.05) is 0 Å². The number of thiazole rings is 1. The van der Waals surface area contributed by atoms with Gasteiger partial charge in [-0.05, 0) is 66.6 Å². The molecule has 0 aliphatic carbocycles. The number of nitrogens with zero attached hydrogens (tertiary/aromatic N) is 1. The lowest BCUT2D eigenvalue weighted by Gasteiger charge is -2.17. The monoisotopic (exact) mass is 649 g/mol. The molecule has 15 heteroatoms. The minimum absolute atomic E-state index is 0. The molecule has 1 nitrogen and oxygen atoms in total. The van der Waals surface area contributed by atoms with Gasteiger partial charge in [0.1, 0.15) is 0 Å². The topological polar surface area (TPSA) is 3.88 Å². The number of aromatic nitrogens is 1. The van der Waals surface area contributed by atoms with E-state index in [4.69, 9.17) is 0 Å². The van der Waals surface area contributed by atoms with Crippen LogP contribution in [0.2, 0.25) is 0 Å². The zero-order chi connectivity index (χ0) is 30.7. The molecule has 0 bridgehead atoms. The summed E-state index contributed by atoms with van der Waals surface area (Å²) in [5, 5.41) is 0. The van der Waals surface area contributed by atoms with Crippen LogP contribution in [0.4, 0.5) is 52.7 Å². The number of halogens is 13. The number of hydrogen-bond donors (Lipinski definition) is 0. The maximum absolute atomic E-state index is 13.6. The van der Waals surface area contributed by atoms with Crippen LogP contribution in [0.15, 0.2) is 60.1 Å². The summed E-state index contributed by atoms with van der Waals surface area (Å²) in [5.74, 6) is 0. The Kier molecular flexibility index (Phi) is 8.79. The second-order valence-corrected chi connectivity index (χ2v) is 10.1. The fourth-order valence-electron chi connectivity index (χ4n) is 4.18. The Balaban J connectivity index is 0.00000484. The smallest absolute Gasteiger partial charge is 0.416 e. The third-order valence-electron chi connectivity index (χ3n) is 6.28. The van der Waals surface area contributed by atoms with Gasteiger partial charge in [0, 0.05) is 6.92 Å². The number of benzene rings is 3. The predicted octanol–water partition coefficient (Wildman–Crippen LogP) is 7.05. The van der Waals surface area contributed by atoms with Gasteiger partial charge < -0.3 is 12.4 Å². The van der Waals surface area contributed by atoms with Crippen LogP contribution < -0.4 is 17.0 Å². The fourth-order valence-corrected chi connectivity index (χ4v) is 4.97. The van der Waals surface area contributed by atoms with Crippen molar-refractivity contribution in [2.24, 2.45) is 0 Å². The van der Waals surface area contributed by atoms with Gasteiger partial charge in [0.2, 0.25) is 11.2 Å². The van der Waals surface area contributed by atoms with Crippen molar-refractivity contribution in [3.8, 4) is 27.9 Å². The number of aryl methyl sites for hydroxylation is 1. The lowest BCUT2D eigenvalue weighted by atomic mass is 9.91. The molecule has 0 aliphatic heterocycles. The van der Waals surface area contributed by atoms with E-state index in [1.165, 1.54) is 17.0 Å². The molecule has 0 atom stereocenters. The predicted molar refractivity (Wildman–Crippen MR) is 126 cm³/mol. The number of alkyl halides is 12. The third kappa shape index (κ3) is 6.69. The molecule has 3 aromatic carbocycles. The first kappa shape index (κ1) is 33.2. The first-order valence-electron chi connectivity index (χ1n) is 11.4. The molecule has 226 valence electrons. The van der Waals surface area contributed by atoms with Crippen molar-refractivity contribution in [2.75, 3.05) is 0 Å². The van der Waals surface area contributed by atoms with Gasteiger partial charge in [-0.3, -0.25) is 0 Å². The van der Waals surface area contributed by atoms with E-state index in [-0.39, 0.29) is 41.4 Å². The Morgan fingerprint density at radius 3 is 1.14 bits per heavy atom. The van der Waals surface area contributed by atoms with Gasteiger partial charge in [-0.2, -0.15) is 57.3 Å². The van der Waals surface area contributed by atoms with Crippen LogP contribution >= 0.6 is 11.3 Å². The molecule has 1 aromatic heterocycles. The van der Waals surface area contributed by atoms with Crippen molar-refractivity contribution in [3.63, 3.8) is 0 Å². The van der Waals surface area contributed by atoms with Gasteiger partial charge in [0.25, 0.3) is 0 Å². The van der Waals surface area contributed by atoms with Crippen molar-refractivity contribution >= 4 is 11.3 Å². The Hall–Kier alpha value is -3.26. The third-order valence-corrected chi connectivity index (χ3v) is 7.25. The van der Waals surface area contributed by atoms with Gasteiger partial charge in [-0.15, -0.1) is 0 Å². The summed E-state index contributed by atoms with van der Waals surface area (Å²) >= 11 is 1.11. The highest BCUT2D eigenvalue weighted by molar-refractivity contribution is 7.09. The molecular weight excluding hydrogens is 634 g/mol. The van der Waals surface area contributed by atoms with Gasteiger partial charge in [0.15, 0.2) is 5.69 Å². The highest BCUT2D eigenvalue weighted by Crippen LogP contribution is 2.43. The number of rotatable bonds is 3. The number of hydrogen-bond acceptors (Lipinski definition) is 1. The molecule has 0 unspecified atom stereocenters. The first-order chi connectivity index (χ1) is 18.7. The maximum Gasteiger partial charge on any atom is 0.416 e. The molecule has 4 aromatic rings. The molecule has 0 fully saturated rings. The summed E-state index contributed by atoms with van der Waals surface area (Å²) in [7, 11) is 0. The summed E-state index contributed by atoms with van der Waals surface area (Å²) < 4.78 is 165. The van der Waals surface area contributed by atoms with E-state index in [0.29, 0.717) is 34.8 Å². The Morgan fingerprint density at radius 1 is 0.548 bits per heavy atom. The fraction of sp³-hybridized carbons (Fsp3) is 0.222. The van der Waals surface area contributed by atoms with E-state index >= 15 is 0 Å². The molecule has 0 amide bonds. The van der Waals surface area contributed by atoms with E-state index in [0.717, 1.165) is 29.5 Å². The lowest BCUT2D eigenvalue weighted by Crippen LogP contribution is -3.00. The van der Waals surface area contributed by atoms with Crippen molar-refractivity contribution in [2.45, 2.75) is 38.6 Å². The molecule has 4 rings (SSSR count). The van der Waals surface area contributed by atoms with Gasteiger partial charge in [0.05, 0.1) is 38.3 Å². The van der Waals surface area contributed by atoms with E-state index in [2.05, 4.69) is 0 Å². The second-order valence-electron chi connectivity index (χ2n) is 9.03. The molecule has 1 heterocycles. The van der Waals surface area contributed by atoms with Crippen LogP contribution in [0.25, 0.3) is 27.9 Å². The molecule has 0 saturated heterocycles.